The van der Waals surface area contributed by atoms with E-state index in [1.165, 1.54) is 11.9 Å². The molecular weight excluding hydrogens is 316 g/mol. The van der Waals surface area contributed by atoms with Crippen LogP contribution in [0.15, 0.2) is 30.3 Å². The van der Waals surface area contributed by atoms with E-state index in [1.54, 1.807) is 6.92 Å². The maximum atomic E-state index is 12.6. The highest BCUT2D eigenvalue weighted by Crippen LogP contribution is 2.13. The topological polar surface area (TPSA) is 66.5 Å². The lowest BCUT2D eigenvalue weighted by Crippen LogP contribution is -2.53. The zero-order valence-corrected chi connectivity index (χ0v) is 15.9. The third-order valence-corrected chi connectivity index (χ3v) is 4.46. The molecule has 0 aliphatic rings. The molecule has 2 amide bonds. The smallest absolute Gasteiger partial charge is 0.290 e. The highest BCUT2D eigenvalue weighted by molar-refractivity contribution is 6.37. The maximum absolute atomic E-state index is 12.6. The highest BCUT2D eigenvalue weighted by atomic mass is 16.2. The lowest BCUT2D eigenvalue weighted by atomic mass is 9.98. The number of nitrogens with zero attached hydrogens (tertiary/aromatic N) is 1. The minimum Gasteiger partial charge on any atom is -0.354 e. The molecule has 2 unspecified atom stereocenters. The molecule has 0 saturated carbocycles. The van der Waals surface area contributed by atoms with E-state index in [4.69, 9.17) is 0 Å². The first-order valence-electron chi connectivity index (χ1n) is 8.92. The molecule has 0 radical (unpaired) electrons. The predicted molar refractivity (Wildman–Crippen MR) is 99.0 cm³/mol. The van der Waals surface area contributed by atoms with Crippen LogP contribution < -0.4 is 5.32 Å². The van der Waals surface area contributed by atoms with Crippen molar-refractivity contribution in [3.63, 3.8) is 0 Å². The number of hydrogen-bond acceptors (Lipinski definition) is 3. The number of likely N-dealkylation sites (N-methyl/N-ethyl adjacent to an activating group) is 1. The molecular formula is C20H30N2O3. The van der Waals surface area contributed by atoms with Gasteiger partial charge in [-0.3, -0.25) is 14.4 Å². The number of amides is 2. The first kappa shape index (κ1) is 20.9. The van der Waals surface area contributed by atoms with Gasteiger partial charge in [0.2, 0.25) is 11.7 Å². The summed E-state index contributed by atoms with van der Waals surface area (Å²) in [6.07, 6.45) is 1.33. The Hall–Kier alpha value is -2.17. The summed E-state index contributed by atoms with van der Waals surface area (Å²) in [5.74, 6) is -1.67. The van der Waals surface area contributed by atoms with Gasteiger partial charge in [0.25, 0.3) is 5.91 Å². The molecule has 0 spiro atoms. The molecule has 5 nitrogen and oxygen atoms in total. The van der Waals surface area contributed by atoms with Crippen LogP contribution in [0.25, 0.3) is 0 Å². The summed E-state index contributed by atoms with van der Waals surface area (Å²) in [6, 6.07) is 9.23. The number of ketones is 1. The standard InChI is InChI=1S/C20H30N2O3/c1-6-15(4)18(23)20(25)22(5)17(14(2)3)19(24)21-13-12-16-10-8-7-9-11-16/h7-11,14-15,17H,6,12-13H2,1-5H3,(H,21,24). The lowest BCUT2D eigenvalue weighted by molar-refractivity contribution is -0.150. The molecule has 1 aromatic carbocycles. The fraction of sp³-hybridized carbons (Fsp3) is 0.550. The predicted octanol–water partition coefficient (Wildman–Crippen LogP) is 2.44. The van der Waals surface area contributed by atoms with Crippen LogP contribution in [0.1, 0.15) is 39.7 Å². The fourth-order valence-corrected chi connectivity index (χ4v) is 2.70. The number of carbonyl (C=O) groups is 3. The summed E-state index contributed by atoms with van der Waals surface area (Å²) in [5.41, 5.74) is 1.14. The van der Waals surface area contributed by atoms with E-state index in [9.17, 15) is 14.4 Å². The summed E-state index contributed by atoms with van der Waals surface area (Å²) >= 11 is 0. The van der Waals surface area contributed by atoms with E-state index in [-0.39, 0.29) is 17.7 Å². The van der Waals surface area contributed by atoms with Crippen LogP contribution in [0.4, 0.5) is 0 Å². The number of carbonyl (C=O) groups excluding carboxylic acids is 3. The van der Waals surface area contributed by atoms with E-state index in [2.05, 4.69) is 5.32 Å². The molecule has 1 N–H and O–H groups in total. The molecule has 0 aliphatic carbocycles. The van der Waals surface area contributed by atoms with E-state index >= 15 is 0 Å². The minimum absolute atomic E-state index is 0.0876. The average Bonchev–Trinajstić information content (AvgIpc) is 2.60. The van der Waals surface area contributed by atoms with Crippen molar-refractivity contribution in [2.45, 2.75) is 46.6 Å². The van der Waals surface area contributed by atoms with Gasteiger partial charge in [0.05, 0.1) is 0 Å². The van der Waals surface area contributed by atoms with Gasteiger partial charge in [-0.2, -0.15) is 0 Å². The van der Waals surface area contributed by atoms with Crippen LogP contribution in [0.3, 0.4) is 0 Å². The first-order valence-corrected chi connectivity index (χ1v) is 8.92. The summed E-state index contributed by atoms with van der Waals surface area (Å²) in [4.78, 5) is 38.4. The average molecular weight is 346 g/mol. The van der Waals surface area contributed by atoms with Crippen molar-refractivity contribution in [3.8, 4) is 0 Å². The Kier molecular flexibility index (Phi) is 8.32. The Morgan fingerprint density at radius 1 is 1.08 bits per heavy atom. The summed E-state index contributed by atoms with van der Waals surface area (Å²) < 4.78 is 0. The Bertz CT molecular complexity index is 584. The second-order valence-corrected chi connectivity index (χ2v) is 6.81. The van der Waals surface area contributed by atoms with Gasteiger partial charge in [-0.1, -0.05) is 58.0 Å². The largest absolute Gasteiger partial charge is 0.354 e. The molecule has 0 saturated heterocycles. The summed E-state index contributed by atoms with van der Waals surface area (Å²) in [5, 5.41) is 2.89. The quantitative estimate of drug-likeness (QED) is 0.699. The molecule has 138 valence electrons. The molecule has 0 bridgehead atoms. The molecule has 25 heavy (non-hydrogen) atoms. The van der Waals surface area contributed by atoms with Gasteiger partial charge in [-0.25, -0.2) is 0 Å². The van der Waals surface area contributed by atoms with Crippen LogP contribution >= 0.6 is 0 Å². The summed E-state index contributed by atoms with van der Waals surface area (Å²) in [7, 11) is 1.53. The van der Waals surface area contributed by atoms with Crippen molar-refractivity contribution in [2.24, 2.45) is 11.8 Å². The molecule has 0 aliphatic heterocycles. The Labute approximate surface area is 150 Å². The second-order valence-electron chi connectivity index (χ2n) is 6.81. The maximum Gasteiger partial charge on any atom is 0.290 e. The minimum atomic E-state index is -0.656. The second kappa shape index (κ2) is 9.97. The van der Waals surface area contributed by atoms with Crippen molar-refractivity contribution >= 4 is 17.6 Å². The van der Waals surface area contributed by atoms with Crippen molar-refractivity contribution in [2.75, 3.05) is 13.6 Å². The Morgan fingerprint density at radius 3 is 2.20 bits per heavy atom. The fourth-order valence-electron chi connectivity index (χ4n) is 2.70. The SMILES string of the molecule is CCC(C)C(=O)C(=O)N(C)C(C(=O)NCCc1ccccc1)C(C)C. The normalized spacial score (nSPS) is 13.2. The van der Waals surface area contributed by atoms with Gasteiger partial charge >= 0.3 is 0 Å². The molecule has 0 aromatic heterocycles. The van der Waals surface area contributed by atoms with Crippen LogP contribution in [-0.4, -0.2) is 42.1 Å². The molecule has 2 atom stereocenters. The van der Waals surface area contributed by atoms with E-state index in [0.717, 1.165) is 12.0 Å². The first-order chi connectivity index (χ1) is 11.8. The molecule has 5 heteroatoms. The number of rotatable bonds is 9. The van der Waals surface area contributed by atoms with Crippen molar-refractivity contribution in [1.82, 2.24) is 10.2 Å². The molecule has 0 heterocycles. The van der Waals surface area contributed by atoms with Gasteiger partial charge in [0.15, 0.2) is 0 Å². The van der Waals surface area contributed by atoms with E-state index < -0.39 is 17.7 Å². The van der Waals surface area contributed by atoms with Gasteiger partial charge < -0.3 is 10.2 Å². The third kappa shape index (κ3) is 6.00. The molecule has 1 rings (SSSR count). The van der Waals surface area contributed by atoms with Crippen molar-refractivity contribution in [3.05, 3.63) is 35.9 Å². The monoisotopic (exact) mass is 346 g/mol. The van der Waals surface area contributed by atoms with Crippen molar-refractivity contribution < 1.29 is 14.4 Å². The summed E-state index contributed by atoms with van der Waals surface area (Å²) in [6.45, 7) is 7.84. The van der Waals surface area contributed by atoms with E-state index in [0.29, 0.717) is 13.0 Å². The van der Waals surface area contributed by atoms with Crippen LogP contribution in [0.2, 0.25) is 0 Å². The van der Waals surface area contributed by atoms with Gasteiger partial charge in [0.1, 0.15) is 6.04 Å². The van der Waals surface area contributed by atoms with Gasteiger partial charge in [-0.15, -0.1) is 0 Å². The number of nitrogens with one attached hydrogen (secondary N) is 1. The highest BCUT2D eigenvalue weighted by Gasteiger charge is 2.33. The lowest BCUT2D eigenvalue weighted by Gasteiger charge is -2.30. The molecule has 0 fully saturated rings. The van der Waals surface area contributed by atoms with Crippen LogP contribution in [0, 0.1) is 11.8 Å². The number of hydrogen-bond donors (Lipinski definition) is 1. The van der Waals surface area contributed by atoms with E-state index in [1.807, 2.05) is 51.1 Å². The number of Topliss-reactive ketones (excluding diaryl/α,β-unsaturated/α-hetero) is 1. The van der Waals surface area contributed by atoms with Crippen LogP contribution in [-0.2, 0) is 20.8 Å². The number of benzene rings is 1. The Balaban J connectivity index is 2.69. The zero-order valence-electron chi connectivity index (χ0n) is 15.9. The van der Waals surface area contributed by atoms with Crippen LogP contribution in [0.5, 0.6) is 0 Å². The van der Waals surface area contributed by atoms with Gasteiger partial charge in [-0.05, 0) is 24.3 Å². The Morgan fingerprint density at radius 2 is 1.68 bits per heavy atom. The van der Waals surface area contributed by atoms with Gasteiger partial charge in [0, 0.05) is 19.5 Å². The zero-order chi connectivity index (χ0) is 19.0. The van der Waals surface area contributed by atoms with Crippen molar-refractivity contribution in [1.29, 1.82) is 0 Å². The molecule has 1 aromatic rings. The third-order valence-electron chi connectivity index (χ3n) is 4.46.